The van der Waals surface area contributed by atoms with Crippen LogP contribution in [-0.2, 0) is 11.8 Å². The Morgan fingerprint density at radius 1 is 1.69 bits per heavy atom. The molecule has 90 valence electrons. The summed E-state index contributed by atoms with van der Waals surface area (Å²) in [5.74, 6) is 0.395. The number of anilines is 1. The van der Waals surface area contributed by atoms with Crippen LogP contribution in [0, 0.1) is 0 Å². The van der Waals surface area contributed by atoms with Gasteiger partial charge in [0.25, 0.3) is 5.56 Å². The zero-order chi connectivity index (χ0) is 12.1. The number of halogens is 1. The molecule has 1 aromatic rings. The largest absolute Gasteiger partial charge is 0.383 e. The fourth-order valence-corrected chi connectivity index (χ4v) is 1.70. The quantitative estimate of drug-likeness (QED) is 0.708. The van der Waals surface area contributed by atoms with E-state index in [2.05, 4.69) is 4.98 Å². The molecule has 0 amide bonds. The molecule has 0 saturated heterocycles. The number of ether oxygens (including phenoxy) is 1. The second-order valence-corrected chi connectivity index (χ2v) is 4.22. The molecule has 5 nitrogen and oxygen atoms in total. The molecule has 6 heteroatoms. The Balaban J connectivity index is 2.77. The molecule has 0 bridgehead atoms. The maximum atomic E-state index is 11.7. The Labute approximate surface area is 99.6 Å². The van der Waals surface area contributed by atoms with Gasteiger partial charge in [0, 0.05) is 40.1 Å². The van der Waals surface area contributed by atoms with E-state index in [0.717, 1.165) is 0 Å². The molecule has 0 aliphatic heterocycles. The fourth-order valence-electron chi connectivity index (χ4n) is 1.36. The van der Waals surface area contributed by atoms with Crippen LogP contribution in [0.2, 0.25) is 0 Å². The molecule has 0 fully saturated rings. The standard InChI is InChI=1S/C10H16ClN3O2/c1-13-5-4-12-9(10(13)15)14(2)6-8(11)7-16-3/h4-5,8H,6-7H2,1-3H3. The Kier molecular flexibility index (Phi) is 4.76. The molecule has 1 atom stereocenters. The van der Waals surface area contributed by atoms with E-state index in [0.29, 0.717) is 19.0 Å². The number of rotatable bonds is 5. The lowest BCUT2D eigenvalue weighted by Crippen LogP contribution is -2.34. The van der Waals surface area contributed by atoms with E-state index in [4.69, 9.17) is 16.3 Å². The lowest BCUT2D eigenvalue weighted by molar-refractivity contribution is 0.199. The molecule has 1 aromatic heterocycles. The summed E-state index contributed by atoms with van der Waals surface area (Å²) in [5, 5.41) is -0.165. The molecule has 0 aliphatic carbocycles. The van der Waals surface area contributed by atoms with E-state index in [1.54, 1.807) is 38.5 Å². The monoisotopic (exact) mass is 245 g/mol. The first kappa shape index (κ1) is 13.0. The van der Waals surface area contributed by atoms with Crippen LogP contribution in [-0.4, -0.2) is 42.2 Å². The van der Waals surface area contributed by atoms with Gasteiger partial charge in [0.15, 0.2) is 5.82 Å². The van der Waals surface area contributed by atoms with Crippen LogP contribution in [0.4, 0.5) is 5.82 Å². The highest BCUT2D eigenvalue weighted by molar-refractivity contribution is 6.21. The highest BCUT2D eigenvalue weighted by Crippen LogP contribution is 2.05. The number of aryl methyl sites for hydroxylation is 1. The molecular weight excluding hydrogens is 230 g/mol. The molecule has 1 rings (SSSR count). The molecular formula is C10H16ClN3O2. The molecule has 0 N–H and O–H groups in total. The van der Waals surface area contributed by atoms with Gasteiger partial charge in [-0.15, -0.1) is 11.6 Å². The van der Waals surface area contributed by atoms with Gasteiger partial charge in [-0.25, -0.2) is 4.98 Å². The van der Waals surface area contributed by atoms with Crippen LogP contribution in [0.15, 0.2) is 17.2 Å². The molecule has 0 aliphatic rings. The van der Waals surface area contributed by atoms with Crippen molar-refractivity contribution in [3.63, 3.8) is 0 Å². The normalized spacial score (nSPS) is 12.5. The van der Waals surface area contributed by atoms with E-state index >= 15 is 0 Å². The molecule has 0 radical (unpaired) electrons. The van der Waals surface area contributed by atoms with Crippen molar-refractivity contribution in [3.05, 3.63) is 22.7 Å². The lowest BCUT2D eigenvalue weighted by atomic mass is 10.4. The number of alkyl halides is 1. The van der Waals surface area contributed by atoms with Crippen molar-refractivity contribution >= 4 is 17.4 Å². The summed E-state index contributed by atoms with van der Waals surface area (Å²) in [6, 6.07) is 0. The lowest BCUT2D eigenvalue weighted by Gasteiger charge is -2.20. The van der Waals surface area contributed by atoms with Crippen molar-refractivity contribution in [2.45, 2.75) is 5.38 Å². The third kappa shape index (κ3) is 3.21. The summed E-state index contributed by atoms with van der Waals surface area (Å²) in [4.78, 5) is 17.5. The minimum Gasteiger partial charge on any atom is -0.383 e. The smallest absolute Gasteiger partial charge is 0.293 e. The fraction of sp³-hybridized carbons (Fsp3) is 0.600. The third-order valence-corrected chi connectivity index (χ3v) is 2.44. The van der Waals surface area contributed by atoms with Crippen LogP contribution in [0.5, 0.6) is 0 Å². The van der Waals surface area contributed by atoms with Crippen LogP contribution in [0.25, 0.3) is 0 Å². The zero-order valence-electron chi connectivity index (χ0n) is 9.68. The van der Waals surface area contributed by atoms with Gasteiger partial charge in [-0.05, 0) is 0 Å². The van der Waals surface area contributed by atoms with Gasteiger partial charge in [-0.3, -0.25) is 4.79 Å². The van der Waals surface area contributed by atoms with Gasteiger partial charge >= 0.3 is 0 Å². The second kappa shape index (κ2) is 5.86. The molecule has 0 saturated carbocycles. The summed E-state index contributed by atoms with van der Waals surface area (Å²) in [7, 11) is 5.07. The van der Waals surface area contributed by atoms with Crippen LogP contribution in [0.3, 0.4) is 0 Å². The number of methoxy groups -OCH3 is 1. The van der Waals surface area contributed by atoms with Crippen molar-refractivity contribution in [1.29, 1.82) is 0 Å². The Morgan fingerprint density at radius 3 is 3.00 bits per heavy atom. The Bertz CT molecular complexity index is 394. The second-order valence-electron chi connectivity index (χ2n) is 3.60. The highest BCUT2D eigenvalue weighted by Gasteiger charge is 2.13. The number of hydrogen-bond donors (Lipinski definition) is 0. The minimum absolute atomic E-state index is 0.133. The van der Waals surface area contributed by atoms with Crippen molar-refractivity contribution in [1.82, 2.24) is 9.55 Å². The molecule has 1 heterocycles. The average Bonchev–Trinajstić information content (AvgIpc) is 2.22. The van der Waals surface area contributed by atoms with Crippen LogP contribution >= 0.6 is 11.6 Å². The summed E-state index contributed by atoms with van der Waals surface area (Å²) in [6.07, 6.45) is 3.21. The van der Waals surface area contributed by atoms with E-state index in [1.165, 1.54) is 4.57 Å². The van der Waals surface area contributed by atoms with E-state index in [-0.39, 0.29) is 10.9 Å². The third-order valence-electron chi connectivity index (χ3n) is 2.18. The van der Waals surface area contributed by atoms with E-state index in [1.807, 2.05) is 0 Å². The first-order valence-corrected chi connectivity index (χ1v) is 5.35. The zero-order valence-corrected chi connectivity index (χ0v) is 10.4. The van der Waals surface area contributed by atoms with E-state index < -0.39 is 0 Å². The van der Waals surface area contributed by atoms with Gasteiger partial charge in [-0.2, -0.15) is 0 Å². The number of nitrogens with zero attached hydrogens (tertiary/aromatic N) is 3. The van der Waals surface area contributed by atoms with Crippen molar-refractivity contribution in [2.24, 2.45) is 7.05 Å². The molecule has 0 aromatic carbocycles. The van der Waals surface area contributed by atoms with Crippen LogP contribution < -0.4 is 10.5 Å². The van der Waals surface area contributed by atoms with Gasteiger partial charge in [-0.1, -0.05) is 0 Å². The summed E-state index contributed by atoms with van der Waals surface area (Å²) >= 11 is 6.01. The predicted octanol–water partition coefficient (Wildman–Crippen LogP) is 0.470. The first-order valence-electron chi connectivity index (χ1n) is 4.92. The summed E-state index contributed by atoms with van der Waals surface area (Å²) in [6.45, 7) is 0.959. The Hall–Kier alpha value is -1.07. The van der Waals surface area contributed by atoms with E-state index in [9.17, 15) is 4.79 Å². The molecule has 16 heavy (non-hydrogen) atoms. The van der Waals surface area contributed by atoms with Gasteiger partial charge in [0.05, 0.1) is 12.0 Å². The van der Waals surface area contributed by atoms with Crippen molar-refractivity contribution in [2.75, 3.05) is 32.2 Å². The van der Waals surface area contributed by atoms with Gasteiger partial charge < -0.3 is 14.2 Å². The SMILES string of the molecule is COCC(Cl)CN(C)c1nccn(C)c1=O. The maximum Gasteiger partial charge on any atom is 0.293 e. The maximum absolute atomic E-state index is 11.7. The first-order chi connectivity index (χ1) is 7.56. The summed E-state index contributed by atoms with van der Waals surface area (Å²) in [5.41, 5.74) is -0.133. The topological polar surface area (TPSA) is 47.4 Å². The van der Waals surface area contributed by atoms with Crippen molar-refractivity contribution in [3.8, 4) is 0 Å². The molecule has 1 unspecified atom stereocenters. The van der Waals surface area contributed by atoms with Crippen molar-refractivity contribution < 1.29 is 4.74 Å². The van der Waals surface area contributed by atoms with Gasteiger partial charge in [0.1, 0.15) is 0 Å². The predicted molar refractivity (Wildman–Crippen MR) is 64.3 cm³/mol. The highest BCUT2D eigenvalue weighted by atomic mass is 35.5. The summed E-state index contributed by atoms with van der Waals surface area (Å²) < 4.78 is 6.42. The Morgan fingerprint density at radius 2 is 2.38 bits per heavy atom. The van der Waals surface area contributed by atoms with Crippen LogP contribution in [0.1, 0.15) is 0 Å². The number of aromatic nitrogens is 2. The molecule has 0 spiro atoms. The number of hydrogen-bond acceptors (Lipinski definition) is 4. The minimum atomic E-state index is -0.165. The van der Waals surface area contributed by atoms with Gasteiger partial charge in [0.2, 0.25) is 0 Å². The average molecular weight is 246 g/mol.